The fourth-order valence-corrected chi connectivity index (χ4v) is 3.61. The monoisotopic (exact) mass is 368 g/mol. The molecule has 1 unspecified atom stereocenters. The van der Waals surface area contributed by atoms with Crippen molar-refractivity contribution in [3.63, 3.8) is 0 Å². The highest BCUT2D eigenvalue weighted by molar-refractivity contribution is 7.87. The standard InChI is InChI=1S/C13H18Cl2N2O4S/c1-10-9-17(6-8-20-10)22(18,19)16-5-7-21-12-4-2-3-11(14)13(12)15/h2-4,10,16H,5-9H2,1H3. The first-order valence-corrected chi connectivity index (χ1v) is 9.03. The van der Waals surface area contributed by atoms with Crippen molar-refractivity contribution in [1.82, 2.24) is 9.03 Å². The molecule has 0 spiro atoms. The number of ether oxygens (including phenoxy) is 2. The zero-order valence-corrected chi connectivity index (χ0v) is 14.4. The average Bonchev–Trinajstić information content (AvgIpc) is 2.48. The van der Waals surface area contributed by atoms with Crippen LogP contribution in [-0.2, 0) is 14.9 Å². The van der Waals surface area contributed by atoms with E-state index in [1.807, 2.05) is 6.92 Å². The van der Waals surface area contributed by atoms with Crippen molar-refractivity contribution < 1.29 is 17.9 Å². The number of nitrogens with zero attached hydrogens (tertiary/aromatic N) is 1. The number of benzene rings is 1. The van der Waals surface area contributed by atoms with Gasteiger partial charge in [0.25, 0.3) is 10.2 Å². The molecule has 0 saturated carbocycles. The van der Waals surface area contributed by atoms with E-state index in [0.717, 1.165) is 0 Å². The highest BCUT2D eigenvalue weighted by Gasteiger charge is 2.26. The van der Waals surface area contributed by atoms with E-state index in [1.165, 1.54) is 4.31 Å². The Kier molecular flexibility index (Phi) is 6.31. The van der Waals surface area contributed by atoms with Crippen molar-refractivity contribution in [3.05, 3.63) is 28.2 Å². The lowest BCUT2D eigenvalue weighted by Crippen LogP contribution is -2.49. The van der Waals surface area contributed by atoms with E-state index >= 15 is 0 Å². The van der Waals surface area contributed by atoms with Crippen LogP contribution in [0.15, 0.2) is 18.2 Å². The Morgan fingerprint density at radius 1 is 1.45 bits per heavy atom. The molecule has 1 aliphatic rings. The quantitative estimate of drug-likeness (QED) is 0.778. The molecule has 1 aliphatic heterocycles. The van der Waals surface area contributed by atoms with Crippen LogP contribution in [0.1, 0.15) is 6.92 Å². The molecule has 22 heavy (non-hydrogen) atoms. The minimum Gasteiger partial charge on any atom is -0.491 e. The highest BCUT2D eigenvalue weighted by atomic mass is 35.5. The van der Waals surface area contributed by atoms with E-state index in [-0.39, 0.29) is 19.3 Å². The molecule has 6 nitrogen and oxygen atoms in total. The Balaban J connectivity index is 1.81. The van der Waals surface area contributed by atoms with Crippen molar-refractivity contribution in [3.8, 4) is 5.75 Å². The maximum atomic E-state index is 12.1. The summed E-state index contributed by atoms with van der Waals surface area (Å²) >= 11 is 11.9. The number of hydrogen-bond acceptors (Lipinski definition) is 4. The summed E-state index contributed by atoms with van der Waals surface area (Å²) in [6, 6.07) is 5.04. The third-order valence-electron chi connectivity index (χ3n) is 3.10. The van der Waals surface area contributed by atoms with Crippen molar-refractivity contribution in [2.75, 3.05) is 32.8 Å². The van der Waals surface area contributed by atoms with E-state index in [4.69, 9.17) is 32.7 Å². The van der Waals surface area contributed by atoms with Crippen LogP contribution in [0.25, 0.3) is 0 Å². The molecule has 1 aromatic carbocycles. The molecule has 0 amide bonds. The Bertz CT molecular complexity index is 612. The van der Waals surface area contributed by atoms with E-state index in [2.05, 4.69) is 4.72 Å². The van der Waals surface area contributed by atoms with Gasteiger partial charge in [0, 0.05) is 19.6 Å². The van der Waals surface area contributed by atoms with Gasteiger partial charge in [-0.05, 0) is 19.1 Å². The van der Waals surface area contributed by atoms with E-state index in [0.29, 0.717) is 35.5 Å². The fraction of sp³-hybridized carbons (Fsp3) is 0.538. The van der Waals surface area contributed by atoms with Crippen LogP contribution in [0.2, 0.25) is 10.0 Å². The normalized spacial score (nSPS) is 20.0. The van der Waals surface area contributed by atoms with Crippen LogP contribution < -0.4 is 9.46 Å². The molecule has 1 heterocycles. The summed E-state index contributed by atoms with van der Waals surface area (Å²) < 4.78 is 38.9. The predicted octanol–water partition coefficient (Wildman–Crippen LogP) is 1.93. The van der Waals surface area contributed by atoms with Crippen molar-refractivity contribution in [1.29, 1.82) is 0 Å². The summed E-state index contributed by atoms with van der Waals surface area (Å²) in [4.78, 5) is 0. The molecular weight excluding hydrogens is 351 g/mol. The van der Waals surface area contributed by atoms with Crippen LogP contribution >= 0.6 is 23.2 Å². The Hall–Kier alpha value is -0.570. The molecule has 9 heteroatoms. The van der Waals surface area contributed by atoms with Crippen LogP contribution in [0.3, 0.4) is 0 Å². The number of morpholine rings is 1. The zero-order valence-electron chi connectivity index (χ0n) is 12.1. The average molecular weight is 369 g/mol. The van der Waals surface area contributed by atoms with Gasteiger partial charge in [0.05, 0.1) is 17.7 Å². The second-order valence-corrected chi connectivity index (χ2v) is 7.38. The van der Waals surface area contributed by atoms with Crippen LogP contribution in [-0.4, -0.2) is 51.7 Å². The molecular formula is C13H18Cl2N2O4S. The molecule has 1 N–H and O–H groups in total. The van der Waals surface area contributed by atoms with Gasteiger partial charge in [0.15, 0.2) is 0 Å². The van der Waals surface area contributed by atoms with Gasteiger partial charge in [-0.2, -0.15) is 17.4 Å². The number of hydrogen-bond donors (Lipinski definition) is 1. The number of nitrogens with one attached hydrogen (secondary N) is 1. The van der Waals surface area contributed by atoms with Crippen molar-refractivity contribution in [2.24, 2.45) is 0 Å². The van der Waals surface area contributed by atoms with E-state index in [1.54, 1.807) is 18.2 Å². The Morgan fingerprint density at radius 2 is 2.23 bits per heavy atom. The lowest BCUT2D eigenvalue weighted by atomic mass is 10.3. The van der Waals surface area contributed by atoms with Crippen LogP contribution in [0, 0.1) is 0 Å². The second kappa shape index (κ2) is 7.81. The van der Waals surface area contributed by atoms with Gasteiger partial charge in [-0.25, -0.2) is 0 Å². The van der Waals surface area contributed by atoms with Gasteiger partial charge in [-0.1, -0.05) is 29.3 Å². The van der Waals surface area contributed by atoms with Gasteiger partial charge in [-0.15, -0.1) is 0 Å². The number of rotatable bonds is 6. The van der Waals surface area contributed by atoms with Gasteiger partial charge < -0.3 is 9.47 Å². The first-order valence-electron chi connectivity index (χ1n) is 6.83. The first kappa shape index (κ1) is 17.8. The van der Waals surface area contributed by atoms with E-state index in [9.17, 15) is 8.42 Å². The molecule has 1 atom stereocenters. The first-order chi connectivity index (χ1) is 10.4. The zero-order chi connectivity index (χ0) is 16.2. The summed E-state index contributed by atoms with van der Waals surface area (Å²) in [6.45, 7) is 3.22. The minimum atomic E-state index is -3.52. The highest BCUT2D eigenvalue weighted by Crippen LogP contribution is 2.31. The smallest absolute Gasteiger partial charge is 0.279 e. The molecule has 0 aliphatic carbocycles. The molecule has 2 rings (SSSR count). The molecule has 0 bridgehead atoms. The topological polar surface area (TPSA) is 67.9 Å². The van der Waals surface area contributed by atoms with Gasteiger partial charge >= 0.3 is 0 Å². The van der Waals surface area contributed by atoms with Crippen molar-refractivity contribution in [2.45, 2.75) is 13.0 Å². The van der Waals surface area contributed by atoms with Gasteiger partial charge in [0.1, 0.15) is 17.4 Å². The maximum absolute atomic E-state index is 12.1. The van der Waals surface area contributed by atoms with Crippen LogP contribution in [0.5, 0.6) is 5.75 Å². The van der Waals surface area contributed by atoms with Crippen molar-refractivity contribution >= 4 is 33.4 Å². The summed E-state index contributed by atoms with van der Waals surface area (Å²) in [5.41, 5.74) is 0. The maximum Gasteiger partial charge on any atom is 0.279 e. The molecule has 0 radical (unpaired) electrons. The predicted molar refractivity (Wildman–Crippen MR) is 85.9 cm³/mol. The summed E-state index contributed by atoms with van der Waals surface area (Å²) in [6.07, 6.45) is -0.105. The minimum absolute atomic E-state index is 0.105. The summed E-state index contributed by atoms with van der Waals surface area (Å²) in [7, 11) is -3.52. The molecule has 0 aromatic heterocycles. The molecule has 1 saturated heterocycles. The van der Waals surface area contributed by atoms with Crippen LogP contribution in [0.4, 0.5) is 0 Å². The third-order valence-corrected chi connectivity index (χ3v) is 5.49. The van der Waals surface area contributed by atoms with Gasteiger partial charge in [-0.3, -0.25) is 0 Å². The molecule has 1 fully saturated rings. The Morgan fingerprint density at radius 3 is 2.95 bits per heavy atom. The summed E-state index contributed by atoms with van der Waals surface area (Å²) in [5.74, 6) is 0.424. The van der Waals surface area contributed by atoms with Gasteiger partial charge in [0.2, 0.25) is 0 Å². The largest absolute Gasteiger partial charge is 0.491 e. The molecule has 124 valence electrons. The number of halogens is 2. The fourth-order valence-electron chi connectivity index (χ4n) is 2.02. The van der Waals surface area contributed by atoms with E-state index < -0.39 is 10.2 Å². The second-order valence-electron chi connectivity index (χ2n) is 4.84. The molecule has 1 aromatic rings. The third kappa shape index (κ3) is 4.71. The lowest BCUT2D eigenvalue weighted by Gasteiger charge is -2.30. The summed E-state index contributed by atoms with van der Waals surface area (Å²) in [5, 5.41) is 0.705. The SMILES string of the molecule is CC1CN(S(=O)(=O)NCCOc2cccc(Cl)c2Cl)CCO1. The Labute approximate surface area is 140 Å². The lowest BCUT2D eigenvalue weighted by molar-refractivity contribution is 0.00976.